The molecule has 0 radical (unpaired) electrons. The molecule has 0 heterocycles. The predicted octanol–water partition coefficient (Wildman–Crippen LogP) is 6.19. The maximum absolute atomic E-state index is 13.2. The Balaban J connectivity index is 1.40. The van der Waals surface area contributed by atoms with Gasteiger partial charge in [0.05, 0.1) is 23.4 Å². The van der Waals surface area contributed by atoms with Gasteiger partial charge in [-0.1, -0.05) is 41.9 Å². The number of hydrogen-bond donors (Lipinski definition) is 4. The molecule has 4 aromatic carbocycles. The molecule has 0 aliphatic rings. The summed E-state index contributed by atoms with van der Waals surface area (Å²) in [5.41, 5.74) is 1.83. The number of carboxylic acids is 1. The van der Waals surface area contributed by atoms with Crippen molar-refractivity contribution in [2.24, 2.45) is 0 Å². The van der Waals surface area contributed by atoms with Gasteiger partial charge >= 0.3 is 5.97 Å². The zero-order valence-corrected chi connectivity index (χ0v) is 24.4. The molecule has 0 bridgehead atoms. The van der Waals surface area contributed by atoms with E-state index in [9.17, 15) is 24.3 Å². The van der Waals surface area contributed by atoms with Gasteiger partial charge in [-0.2, -0.15) is 0 Å². The third-order valence-electron chi connectivity index (χ3n) is 5.92. The summed E-state index contributed by atoms with van der Waals surface area (Å²) in [6.45, 7) is 0. The monoisotopic (exact) mass is 615 g/mol. The average Bonchev–Trinajstić information content (AvgIpc) is 3.02. The molecule has 0 unspecified atom stereocenters. The molecule has 0 saturated carbocycles. The Labute approximate surface area is 256 Å². The van der Waals surface area contributed by atoms with Crippen molar-refractivity contribution in [3.8, 4) is 5.75 Å². The Hall–Kier alpha value is -5.06. The molecule has 218 valence electrons. The van der Waals surface area contributed by atoms with E-state index in [4.69, 9.17) is 16.3 Å². The molecule has 0 spiro atoms. The summed E-state index contributed by atoms with van der Waals surface area (Å²) in [5.74, 6) is -1.75. The first-order valence-corrected chi connectivity index (χ1v) is 14.2. The average molecular weight is 616 g/mol. The second-order valence-corrected chi connectivity index (χ2v) is 10.4. The number of anilines is 2. The first-order valence-electron chi connectivity index (χ1n) is 12.8. The Kier molecular flexibility index (Phi) is 10.6. The van der Waals surface area contributed by atoms with Crippen LogP contribution in [0.5, 0.6) is 5.75 Å². The lowest BCUT2D eigenvalue weighted by atomic mass is 10.1. The van der Waals surface area contributed by atoms with Crippen LogP contribution in [0.15, 0.2) is 108 Å². The van der Waals surface area contributed by atoms with Crippen molar-refractivity contribution in [2.45, 2.75) is 4.90 Å². The molecule has 43 heavy (non-hydrogen) atoms. The van der Waals surface area contributed by atoms with Crippen molar-refractivity contribution in [2.75, 3.05) is 23.5 Å². The van der Waals surface area contributed by atoms with Gasteiger partial charge < -0.3 is 25.8 Å². The standard InChI is InChI=1S/C32H26ClN3O6S/c1-42-24-12-7-20(8-13-24)17-28(36-30(38)21-5-3-2-4-6-21)31(39)35-22-9-14-25(15-10-22)43-19-29(37)34-23-11-16-27(33)26(18-23)32(40)41/h2-18H,19H2,1H3,(H,34,37)(H,35,39)(H,36,38)(H,40,41)/b28-17-. The number of methoxy groups -OCH3 is 1. The number of carboxylic acid groups (broad SMARTS) is 1. The summed E-state index contributed by atoms with van der Waals surface area (Å²) in [7, 11) is 1.56. The summed E-state index contributed by atoms with van der Waals surface area (Å²) in [6, 6.07) is 26.7. The largest absolute Gasteiger partial charge is 0.497 e. The number of rotatable bonds is 11. The summed E-state index contributed by atoms with van der Waals surface area (Å²) in [5, 5.41) is 17.4. The lowest BCUT2D eigenvalue weighted by Gasteiger charge is -2.12. The number of carbonyl (C=O) groups excluding carboxylic acids is 3. The molecule has 0 fully saturated rings. The van der Waals surface area contributed by atoms with E-state index in [0.717, 1.165) is 4.90 Å². The number of nitrogens with one attached hydrogen (secondary N) is 3. The number of amides is 3. The van der Waals surface area contributed by atoms with E-state index >= 15 is 0 Å². The number of aromatic carboxylic acids is 1. The van der Waals surface area contributed by atoms with Gasteiger partial charge in [0.15, 0.2) is 0 Å². The van der Waals surface area contributed by atoms with E-state index in [1.54, 1.807) is 92.0 Å². The first-order chi connectivity index (χ1) is 20.7. The molecular formula is C32H26ClN3O6S. The molecule has 0 aliphatic heterocycles. The summed E-state index contributed by atoms with van der Waals surface area (Å²) in [6.07, 6.45) is 1.57. The fourth-order valence-electron chi connectivity index (χ4n) is 3.76. The zero-order valence-electron chi connectivity index (χ0n) is 22.8. The fraction of sp³-hybridized carbons (Fsp3) is 0.0625. The smallest absolute Gasteiger partial charge is 0.337 e. The van der Waals surface area contributed by atoms with Crippen LogP contribution in [-0.4, -0.2) is 41.7 Å². The lowest BCUT2D eigenvalue weighted by Crippen LogP contribution is -2.30. The Bertz CT molecular complexity index is 1660. The number of ether oxygens (including phenoxy) is 1. The summed E-state index contributed by atoms with van der Waals surface area (Å²) < 4.78 is 5.19. The van der Waals surface area contributed by atoms with Crippen molar-refractivity contribution in [1.82, 2.24) is 5.32 Å². The number of halogens is 1. The highest BCUT2D eigenvalue weighted by atomic mass is 35.5. The van der Waals surface area contributed by atoms with Crippen LogP contribution in [0, 0.1) is 0 Å². The minimum Gasteiger partial charge on any atom is -0.497 e. The topological polar surface area (TPSA) is 134 Å². The minimum atomic E-state index is -1.19. The Morgan fingerprint density at radius 2 is 1.53 bits per heavy atom. The van der Waals surface area contributed by atoms with E-state index in [0.29, 0.717) is 28.3 Å². The van der Waals surface area contributed by atoms with Crippen molar-refractivity contribution in [1.29, 1.82) is 0 Å². The third-order valence-corrected chi connectivity index (χ3v) is 7.26. The second kappa shape index (κ2) is 14.7. The highest BCUT2D eigenvalue weighted by Gasteiger charge is 2.16. The van der Waals surface area contributed by atoms with Crippen LogP contribution in [0.2, 0.25) is 5.02 Å². The molecular weight excluding hydrogens is 590 g/mol. The van der Waals surface area contributed by atoms with E-state index in [-0.39, 0.29) is 27.9 Å². The minimum absolute atomic E-state index is 0.0439. The van der Waals surface area contributed by atoms with Crippen molar-refractivity contribution in [3.63, 3.8) is 0 Å². The van der Waals surface area contributed by atoms with Crippen molar-refractivity contribution in [3.05, 3.63) is 124 Å². The van der Waals surface area contributed by atoms with Crippen LogP contribution in [0.25, 0.3) is 6.08 Å². The van der Waals surface area contributed by atoms with Crippen LogP contribution >= 0.6 is 23.4 Å². The molecule has 3 amide bonds. The van der Waals surface area contributed by atoms with Gasteiger partial charge in [0.25, 0.3) is 11.8 Å². The number of benzene rings is 4. The summed E-state index contributed by atoms with van der Waals surface area (Å²) >= 11 is 7.14. The zero-order chi connectivity index (χ0) is 30.8. The van der Waals surface area contributed by atoms with E-state index in [2.05, 4.69) is 16.0 Å². The van der Waals surface area contributed by atoms with Gasteiger partial charge in [-0.05, 0) is 78.4 Å². The van der Waals surface area contributed by atoms with Gasteiger partial charge in [-0.3, -0.25) is 14.4 Å². The van der Waals surface area contributed by atoms with E-state index in [1.165, 1.54) is 30.0 Å². The van der Waals surface area contributed by atoms with Crippen LogP contribution in [0.4, 0.5) is 11.4 Å². The van der Waals surface area contributed by atoms with Gasteiger partial charge in [0, 0.05) is 21.8 Å². The quantitative estimate of drug-likeness (QED) is 0.117. The van der Waals surface area contributed by atoms with Gasteiger partial charge in [-0.25, -0.2) is 4.79 Å². The van der Waals surface area contributed by atoms with Gasteiger partial charge in [0.1, 0.15) is 11.4 Å². The van der Waals surface area contributed by atoms with Gasteiger partial charge in [-0.15, -0.1) is 11.8 Å². The number of thioether (sulfide) groups is 1. The molecule has 0 aromatic heterocycles. The molecule has 4 rings (SSSR count). The highest BCUT2D eigenvalue weighted by molar-refractivity contribution is 8.00. The van der Waals surface area contributed by atoms with Crippen LogP contribution < -0.4 is 20.7 Å². The molecule has 0 aliphatic carbocycles. The van der Waals surface area contributed by atoms with Crippen LogP contribution in [0.3, 0.4) is 0 Å². The van der Waals surface area contributed by atoms with Crippen LogP contribution in [0.1, 0.15) is 26.3 Å². The van der Waals surface area contributed by atoms with E-state index in [1.807, 2.05) is 0 Å². The maximum atomic E-state index is 13.2. The molecule has 4 aromatic rings. The molecule has 0 saturated heterocycles. The van der Waals surface area contributed by atoms with E-state index < -0.39 is 17.8 Å². The predicted molar refractivity (Wildman–Crippen MR) is 168 cm³/mol. The van der Waals surface area contributed by atoms with Crippen molar-refractivity contribution < 1.29 is 29.0 Å². The second-order valence-electron chi connectivity index (χ2n) is 8.97. The maximum Gasteiger partial charge on any atom is 0.337 e. The summed E-state index contributed by atoms with van der Waals surface area (Å²) in [4.78, 5) is 50.5. The van der Waals surface area contributed by atoms with Gasteiger partial charge in [0.2, 0.25) is 5.91 Å². The Morgan fingerprint density at radius 1 is 0.860 bits per heavy atom. The third kappa shape index (κ3) is 8.96. The first kappa shape index (κ1) is 30.9. The normalized spacial score (nSPS) is 10.9. The Morgan fingerprint density at radius 3 is 2.19 bits per heavy atom. The lowest BCUT2D eigenvalue weighted by molar-refractivity contribution is -0.114. The molecule has 4 N–H and O–H groups in total. The number of carbonyl (C=O) groups is 4. The fourth-order valence-corrected chi connectivity index (χ4v) is 4.65. The molecule has 0 atom stereocenters. The van der Waals surface area contributed by atoms with Crippen molar-refractivity contribution >= 4 is 64.5 Å². The molecule has 9 nitrogen and oxygen atoms in total. The van der Waals surface area contributed by atoms with Crippen LogP contribution in [-0.2, 0) is 9.59 Å². The SMILES string of the molecule is COc1ccc(/C=C(\NC(=O)c2ccccc2)C(=O)Nc2ccc(SCC(=O)Nc3ccc(Cl)c(C(=O)O)c3)cc2)cc1. The number of hydrogen-bond acceptors (Lipinski definition) is 6. The highest BCUT2D eigenvalue weighted by Crippen LogP contribution is 2.23. The molecule has 11 heteroatoms.